The Labute approximate surface area is 153 Å². The molecule has 1 fully saturated rings. The van der Waals surface area contributed by atoms with Gasteiger partial charge in [-0.2, -0.15) is 0 Å². The van der Waals surface area contributed by atoms with E-state index >= 15 is 0 Å². The van der Waals surface area contributed by atoms with E-state index in [0.29, 0.717) is 5.69 Å². The molecule has 0 atom stereocenters. The normalized spacial score (nSPS) is 13.9. The fourth-order valence-corrected chi connectivity index (χ4v) is 4.31. The summed E-state index contributed by atoms with van der Waals surface area (Å²) in [7, 11) is -2.56. The number of para-hydroxylation sites is 1. The zero-order valence-electron chi connectivity index (χ0n) is 14.8. The third-order valence-corrected chi connectivity index (χ3v) is 5.96. The number of hydrogen-bond donors (Lipinski definition) is 1. The van der Waals surface area contributed by atoms with Crippen LogP contribution in [0.4, 0.5) is 5.69 Å². The topological polar surface area (TPSA) is 75.7 Å². The number of carbonyl (C=O) groups is 1. The summed E-state index contributed by atoms with van der Waals surface area (Å²) in [4.78, 5) is 12.4. The first kappa shape index (κ1) is 18.3. The first-order valence-corrected chi connectivity index (χ1v) is 9.87. The summed E-state index contributed by atoms with van der Waals surface area (Å²) in [6.07, 6.45) is 1.88. The van der Waals surface area contributed by atoms with Crippen molar-refractivity contribution in [1.29, 1.82) is 0 Å². The number of nitrogens with one attached hydrogen (secondary N) is 1. The Hall–Kier alpha value is -2.54. The van der Waals surface area contributed by atoms with E-state index in [4.69, 9.17) is 4.74 Å². The van der Waals surface area contributed by atoms with Gasteiger partial charge in [0.05, 0.1) is 12.8 Å². The van der Waals surface area contributed by atoms with Gasteiger partial charge in [-0.25, -0.2) is 8.42 Å². The first-order chi connectivity index (χ1) is 12.4. The molecule has 1 amide bonds. The number of amides is 1. The molecule has 0 unspecified atom stereocenters. The summed E-state index contributed by atoms with van der Waals surface area (Å²) >= 11 is 0. The number of benzene rings is 2. The van der Waals surface area contributed by atoms with Crippen LogP contribution in [-0.2, 0) is 14.8 Å². The SMILES string of the molecule is COc1ccc(C)cc1S(=O)(=O)N(CC(=O)NC1CC1)c1ccccc1. The Kier molecular flexibility index (Phi) is 5.18. The van der Waals surface area contributed by atoms with E-state index in [1.807, 2.05) is 6.92 Å². The molecular weight excluding hydrogens is 352 g/mol. The van der Waals surface area contributed by atoms with Crippen LogP contribution in [0.25, 0.3) is 0 Å². The van der Waals surface area contributed by atoms with E-state index in [-0.39, 0.29) is 29.1 Å². The minimum Gasteiger partial charge on any atom is -0.495 e. The molecule has 0 heterocycles. The average Bonchev–Trinajstić information content (AvgIpc) is 3.44. The molecule has 0 aromatic heterocycles. The Morgan fingerprint density at radius 3 is 2.50 bits per heavy atom. The van der Waals surface area contributed by atoms with Crippen LogP contribution in [0.1, 0.15) is 18.4 Å². The van der Waals surface area contributed by atoms with Crippen LogP contribution in [0.3, 0.4) is 0 Å². The molecule has 0 aliphatic heterocycles. The van der Waals surface area contributed by atoms with E-state index in [0.717, 1.165) is 22.7 Å². The van der Waals surface area contributed by atoms with Crippen molar-refractivity contribution in [3.05, 3.63) is 54.1 Å². The van der Waals surface area contributed by atoms with Crippen LogP contribution in [0.15, 0.2) is 53.4 Å². The van der Waals surface area contributed by atoms with Gasteiger partial charge in [-0.05, 0) is 49.6 Å². The van der Waals surface area contributed by atoms with Gasteiger partial charge in [-0.1, -0.05) is 24.3 Å². The number of anilines is 1. The van der Waals surface area contributed by atoms with Crippen molar-refractivity contribution in [3.8, 4) is 5.75 Å². The summed E-state index contributed by atoms with van der Waals surface area (Å²) in [6.45, 7) is 1.53. The lowest BCUT2D eigenvalue weighted by molar-refractivity contribution is -0.119. The van der Waals surface area contributed by atoms with Crippen molar-refractivity contribution >= 4 is 21.6 Å². The zero-order valence-corrected chi connectivity index (χ0v) is 15.6. The number of aryl methyl sites for hydroxylation is 1. The summed E-state index contributed by atoms with van der Waals surface area (Å²) in [6, 6.07) is 13.7. The summed E-state index contributed by atoms with van der Waals surface area (Å²) in [5.74, 6) is -0.0642. The minimum atomic E-state index is -3.98. The molecule has 0 spiro atoms. The van der Waals surface area contributed by atoms with Gasteiger partial charge in [0.1, 0.15) is 17.2 Å². The predicted molar refractivity (Wildman–Crippen MR) is 99.9 cm³/mol. The number of sulfonamides is 1. The minimum absolute atomic E-state index is 0.0445. The molecule has 1 saturated carbocycles. The third-order valence-electron chi connectivity index (χ3n) is 4.16. The summed E-state index contributed by atoms with van der Waals surface area (Å²) < 4.78 is 33.1. The summed E-state index contributed by atoms with van der Waals surface area (Å²) in [5, 5.41) is 2.84. The van der Waals surface area contributed by atoms with Gasteiger partial charge in [-0.3, -0.25) is 9.10 Å². The number of methoxy groups -OCH3 is 1. The predicted octanol–water partition coefficient (Wildman–Crippen LogP) is 2.48. The Balaban J connectivity index is 2.02. The Bertz CT molecular complexity index is 893. The molecule has 1 N–H and O–H groups in total. The van der Waals surface area contributed by atoms with Gasteiger partial charge in [0.15, 0.2) is 0 Å². The molecule has 2 aromatic rings. The molecule has 26 heavy (non-hydrogen) atoms. The zero-order chi connectivity index (χ0) is 18.7. The maximum Gasteiger partial charge on any atom is 0.268 e. The maximum atomic E-state index is 13.4. The molecule has 138 valence electrons. The number of nitrogens with zero attached hydrogens (tertiary/aromatic N) is 1. The lowest BCUT2D eigenvalue weighted by atomic mass is 10.2. The van der Waals surface area contributed by atoms with Gasteiger partial charge >= 0.3 is 0 Å². The van der Waals surface area contributed by atoms with Gasteiger partial charge in [0.25, 0.3) is 10.0 Å². The maximum absolute atomic E-state index is 13.4. The van der Waals surface area contributed by atoms with Gasteiger partial charge in [0, 0.05) is 6.04 Å². The van der Waals surface area contributed by atoms with E-state index in [2.05, 4.69) is 5.32 Å². The molecule has 0 saturated heterocycles. The average molecular weight is 374 g/mol. The fourth-order valence-electron chi connectivity index (χ4n) is 2.64. The molecule has 1 aliphatic carbocycles. The highest BCUT2D eigenvalue weighted by Crippen LogP contribution is 2.30. The van der Waals surface area contributed by atoms with E-state index < -0.39 is 10.0 Å². The van der Waals surface area contributed by atoms with Crippen molar-refractivity contribution in [3.63, 3.8) is 0 Å². The molecule has 0 bridgehead atoms. The van der Waals surface area contributed by atoms with Gasteiger partial charge in [0.2, 0.25) is 5.91 Å². The van der Waals surface area contributed by atoms with Crippen LogP contribution >= 0.6 is 0 Å². The molecule has 0 radical (unpaired) electrons. The first-order valence-electron chi connectivity index (χ1n) is 8.43. The van der Waals surface area contributed by atoms with E-state index in [1.54, 1.807) is 48.5 Å². The monoisotopic (exact) mass is 374 g/mol. The van der Waals surface area contributed by atoms with Crippen LogP contribution in [0, 0.1) is 6.92 Å². The molecule has 6 nitrogen and oxygen atoms in total. The fraction of sp³-hybridized carbons (Fsp3) is 0.316. The lowest BCUT2D eigenvalue weighted by Crippen LogP contribution is -2.41. The van der Waals surface area contributed by atoms with E-state index in [1.165, 1.54) is 7.11 Å². The van der Waals surface area contributed by atoms with Crippen LogP contribution in [0.2, 0.25) is 0 Å². The standard InChI is InChI=1S/C19H22N2O4S/c1-14-8-11-17(25-2)18(12-14)26(23,24)21(16-6-4-3-5-7-16)13-19(22)20-15-9-10-15/h3-8,11-12,15H,9-10,13H2,1-2H3,(H,20,22). The quantitative estimate of drug-likeness (QED) is 0.808. The van der Waals surface area contributed by atoms with Gasteiger partial charge in [-0.15, -0.1) is 0 Å². The highest BCUT2D eigenvalue weighted by Gasteiger charge is 2.31. The van der Waals surface area contributed by atoms with Crippen LogP contribution < -0.4 is 14.4 Å². The van der Waals surface area contributed by atoms with Crippen molar-refractivity contribution in [1.82, 2.24) is 5.32 Å². The smallest absolute Gasteiger partial charge is 0.268 e. The molecule has 2 aromatic carbocycles. The highest BCUT2D eigenvalue weighted by atomic mass is 32.2. The second-order valence-electron chi connectivity index (χ2n) is 6.34. The Morgan fingerprint density at radius 1 is 1.19 bits per heavy atom. The van der Waals surface area contributed by atoms with Crippen molar-refractivity contribution in [2.24, 2.45) is 0 Å². The second-order valence-corrected chi connectivity index (χ2v) is 8.17. The molecule has 1 aliphatic rings. The van der Waals surface area contributed by atoms with Crippen molar-refractivity contribution in [2.75, 3.05) is 18.0 Å². The van der Waals surface area contributed by atoms with Crippen molar-refractivity contribution < 1.29 is 17.9 Å². The van der Waals surface area contributed by atoms with Crippen LogP contribution in [-0.4, -0.2) is 34.0 Å². The third kappa shape index (κ3) is 3.99. The Morgan fingerprint density at radius 2 is 1.88 bits per heavy atom. The summed E-state index contributed by atoms with van der Waals surface area (Å²) in [5.41, 5.74) is 1.22. The molecular formula is C19H22N2O4S. The lowest BCUT2D eigenvalue weighted by Gasteiger charge is -2.25. The molecule has 3 rings (SSSR count). The largest absolute Gasteiger partial charge is 0.495 e. The number of ether oxygens (including phenoxy) is 1. The van der Waals surface area contributed by atoms with Crippen LogP contribution in [0.5, 0.6) is 5.75 Å². The molecule has 7 heteroatoms. The number of rotatable bonds is 7. The number of carbonyl (C=O) groups excluding carboxylic acids is 1. The second kappa shape index (κ2) is 7.37. The highest BCUT2D eigenvalue weighted by molar-refractivity contribution is 7.93. The number of hydrogen-bond acceptors (Lipinski definition) is 4. The van der Waals surface area contributed by atoms with E-state index in [9.17, 15) is 13.2 Å². The van der Waals surface area contributed by atoms with Gasteiger partial charge < -0.3 is 10.1 Å². The van der Waals surface area contributed by atoms with Crippen molar-refractivity contribution in [2.45, 2.75) is 30.7 Å².